The molecule has 90 valence electrons. The summed E-state index contributed by atoms with van der Waals surface area (Å²) in [6.45, 7) is 0. The molecule has 0 unspecified atom stereocenters. The van der Waals surface area contributed by atoms with Gasteiger partial charge in [-0.25, -0.2) is 13.2 Å². The number of carbonyl (C=O) groups is 1. The van der Waals surface area contributed by atoms with Gasteiger partial charge in [-0.1, -0.05) is 18.1 Å². The summed E-state index contributed by atoms with van der Waals surface area (Å²) in [4.78, 5) is 10.8. The number of methoxy groups -OCH3 is 1. The fraction of sp³-hybridized carbons (Fsp3) is 0.182. The lowest BCUT2D eigenvalue weighted by molar-refractivity contribution is -0.133. The van der Waals surface area contributed by atoms with E-state index in [0.717, 1.165) is 6.26 Å². The molecule has 0 bridgehead atoms. The molecule has 0 aliphatic heterocycles. The monoisotopic (exact) mass is 253 g/mol. The van der Waals surface area contributed by atoms with E-state index in [2.05, 4.69) is 21.3 Å². The van der Waals surface area contributed by atoms with Crippen molar-refractivity contribution in [2.75, 3.05) is 18.1 Å². The van der Waals surface area contributed by atoms with Crippen LogP contribution in [0, 0.1) is 11.8 Å². The number of hydrogen-bond acceptors (Lipinski definition) is 4. The Bertz CT molecular complexity index is 581. The SMILES string of the molecule is COC(=O)C#Cc1ccccc1NS(C)(=O)=O. The summed E-state index contributed by atoms with van der Waals surface area (Å²) in [6, 6.07) is 6.51. The van der Waals surface area contributed by atoms with Crippen LogP contribution in [-0.4, -0.2) is 27.8 Å². The zero-order valence-electron chi connectivity index (χ0n) is 9.35. The summed E-state index contributed by atoms with van der Waals surface area (Å²) >= 11 is 0. The molecule has 0 fully saturated rings. The van der Waals surface area contributed by atoms with Gasteiger partial charge in [-0.05, 0) is 12.1 Å². The van der Waals surface area contributed by atoms with Crippen LogP contribution in [0.25, 0.3) is 0 Å². The topological polar surface area (TPSA) is 72.5 Å². The van der Waals surface area contributed by atoms with Crippen LogP contribution in [0.5, 0.6) is 0 Å². The van der Waals surface area contributed by atoms with Gasteiger partial charge in [-0.3, -0.25) is 4.72 Å². The van der Waals surface area contributed by atoms with Crippen LogP contribution in [-0.2, 0) is 19.6 Å². The van der Waals surface area contributed by atoms with Gasteiger partial charge in [-0.15, -0.1) is 0 Å². The Kier molecular flexibility index (Phi) is 4.12. The molecule has 0 radical (unpaired) electrons. The Morgan fingerprint density at radius 3 is 2.59 bits per heavy atom. The molecule has 0 amide bonds. The van der Waals surface area contributed by atoms with Crippen molar-refractivity contribution in [1.29, 1.82) is 0 Å². The van der Waals surface area contributed by atoms with Crippen molar-refractivity contribution in [1.82, 2.24) is 0 Å². The second-order valence-corrected chi connectivity index (χ2v) is 4.91. The number of benzene rings is 1. The van der Waals surface area contributed by atoms with Crippen molar-refractivity contribution in [2.45, 2.75) is 0 Å². The van der Waals surface area contributed by atoms with E-state index >= 15 is 0 Å². The van der Waals surface area contributed by atoms with Crippen molar-refractivity contribution < 1.29 is 17.9 Å². The number of carbonyl (C=O) groups excluding carboxylic acids is 1. The van der Waals surface area contributed by atoms with Gasteiger partial charge >= 0.3 is 5.97 Å². The van der Waals surface area contributed by atoms with Gasteiger partial charge in [-0.2, -0.15) is 0 Å². The third-order valence-corrected chi connectivity index (χ3v) is 2.30. The average molecular weight is 253 g/mol. The summed E-state index contributed by atoms with van der Waals surface area (Å²) in [6.07, 6.45) is 1.04. The molecular weight excluding hydrogens is 242 g/mol. The molecule has 0 atom stereocenters. The lowest BCUT2D eigenvalue weighted by Crippen LogP contribution is -2.10. The van der Waals surface area contributed by atoms with Crippen LogP contribution in [0.3, 0.4) is 0 Å². The minimum atomic E-state index is -3.38. The van der Waals surface area contributed by atoms with Crippen LogP contribution >= 0.6 is 0 Å². The Morgan fingerprint density at radius 2 is 2.00 bits per heavy atom. The molecule has 0 aromatic heterocycles. The van der Waals surface area contributed by atoms with Gasteiger partial charge in [0.1, 0.15) is 0 Å². The van der Waals surface area contributed by atoms with E-state index in [1.165, 1.54) is 7.11 Å². The van der Waals surface area contributed by atoms with Crippen LogP contribution in [0.4, 0.5) is 5.69 Å². The second kappa shape index (κ2) is 5.37. The van der Waals surface area contributed by atoms with E-state index in [9.17, 15) is 13.2 Å². The minimum absolute atomic E-state index is 0.325. The highest BCUT2D eigenvalue weighted by molar-refractivity contribution is 7.92. The van der Waals surface area contributed by atoms with Gasteiger partial charge < -0.3 is 4.74 Å². The van der Waals surface area contributed by atoms with Gasteiger partial charge in [0, 0.05) is 11.5 Å². The van der Waals surface area contributed by atoms with E-state index in [1.807, 2.05) is 0 Å². The number of hydrogen-bond donors (Lipinski definition) is 1. The molecule has 0 spiro atoms. The first kappa shape index (κ1) is 13.1. The molecule has 0 aliphatic carbocycles. The summed E-state index contributed by atoms with van der Waals surface area (Å²) in [5.41, 5.74) is 0.731. The molecule has 0 saturated carbocycles. The Hall–Kier alpha value is -2.00. The van der Waals surface area contributed by atoms with Gasteiger partial charge in [0.2, 0.25) is 10.0 Å². The number of anilines is 1. The largest absolute Gasteiger partial charge is 0.459 e. The van der Waals surface area contributed by atoms with E-state index < -0.39 is 16.0 Å². The van der Waals surface area contributed by atoms with Crippen LogP contribution in [0.2, 0.25) is 0 Å². The average Bonchev–Trinajstić information content (AvgIpc) is 2.25. The molecule has 1 aromatic carbocycles. The predicted molar refractivity (Wildman–Crippen MR) is 63.8 cm³/mol. The van der Waals surface area contributed by atoms with Crippen LogP contribution in [0.15, 0.2) is 24.3 Å². The number of sulfonamides is 1. The highest BCUT2D eigenvalue weighted by atomic mass is 32.2. The third-order valence-electron chi connectivity index (χ3n) is 1.71. The van der Waals surface area contributed by atoms with E-state index in [0.29, 0.717) is 11.3 Å². The lowest BCUT2D eigenvalue weighted by Gasteiger charge is -2.05. The smallest absolute Gasteiger partial charge is 0.384 e. The molecule has 17 heavy (non-hydrogen) atoms. The van der Waals surface area contributed by atoms with Crippen molar-refractivity contribution in [3.05, 3.63) is 29.8 Å². The standard InChI is InChI=1S/C11H11NO4S/c1-16-11(13)8-7-9-5-3-4-6-10(9)12-17(2,14)15/h3-6,12H,1-2H3. The van der Waals surface area contributed by atoms with E-state index in [-0.39, 0.29) is 0 Å². The first-order chi connectivity index (χ1) is 7.92. The van der Waals surface area contributed by atoms with Gasteiger partial charge in [0.25, 0.3) is 0 Å². The zero-order valence-corrected chi connectivity index (χ0v) is 10.2. The number of para-hydroxylation sites is 1. The summed E-state index contributed by atoms with van der Waals surface area (Å²) in [5.74, 6) is 4.08. The predicted octanol–water partition coefficient (Wildman–Crippen LogP) is 0.583. The number of esters is 1. The van der Waals surface area contributed by atoms with Crippen LogP contribution in [0.1, 0.15) is 5.56 Å². The summed E-state index contributed by atoms with van der Waals surface area (Å²) in [7, 11) is -2.16. The van der Waals surface area contributed by atoms with Crippen molar-refractivity contribution >= 4 is 21.7 Å². The fourth-order valence-corrected chi connectivity index (χ4v) is 1.63. The summed E-state index contributed by atoms with van der Waals surface area (Å²) < 4.78 is 28.9. The Balaban J connectivity index is 3.07. The maximum absolute atomic E-state index is 11.1. The minimum Gasteiger partial charge on any atom is -0.459 e. The first-order valence-corrected chi connectivity index (χ1v) is 6.48. The molecule has 6 heteroatoms. The Labute approximate surface area is 99.8 Å². The molecule has 0 heterocycles. The third kappa shape index (κ3) is 4.57. The van der Waals surface area contributed by atoms with Gasteiger partial charge in [0.15, 0.2) is 0 Å². The summed E-state index contributed by atoms with van der Waals surface area (Å²) in [5, 5.41) is 0. The maximum Gasteiger partial charge on any atom is 0.384 e. The maximum atomic E-state index is 11.1. The van der Waals surface area contributed by atoms with Crippen molar-refractivity contribution in [3.63, 3.8) is 0 Å². The highest BCUT2D eigenvalue weighted by Crippen LogP contribution is 2.14. The fourth-order valence-electron chi connectivity index (χ4n) is 1.05. The van der Waals surface area contributed by atoms with E-state index in [4.69, 9.17) is 0 Å². The van der Waals surface area contributed by atoms with Crippen molar-refractivity contribution in [3.8, 4) is 11.8 Å². The van der Waals surface area contributed by atoms with E-state index in [1.54, 1.807) is 24.3 Å². The number of rotatable bonds is 2. The highest BCUT2D eigenvalue weighted by Gasteiger charge is 2.05. The van der Waals surface area contributed by atoms with Crippen molar-refractivity contribution in [2.24, 2.45) is 0 Å². The number of nitrogens with one attached hydrogen (secondary N) is 1. The molecule has 1 N–H and O–H groups in total. The first-order valence-electron chi connectivity index (χ1n) is 4.59. The molecule has 1 aromatic rings. The normalized spacial score (nSPS) is 10.0. The van der Waals surface area contributed by atoms with Crippen LogP contribution < -0.4 is 4.72 Å². The second-order valence-electron chi connectivity index (χ2n) is 3.16. The quantitative estimate of drug-likeness (QED) is 0.618. The number of ether oxygens (including phenoxy) is 1. The lowest BCUT2D eigenvalue weighted by atomic mass is 10.2. The molecule has 0 aliphatic rings. The van der Waals surface area contributed by atoms with Gasteiger partial charge in [0.05, 0.1) is 19.1 Å². The molecule has 5 nitrogen and oxygen atoms in total. The molecule has 1 rings (SSSR count). The molecular formula is C11H11NO4S. The molecule has 0 saturated heterocycles. The Morgan fingerprint density at radius 1 is 1.35 bits per heavy atom. The zero-order chi connectivity index (χ0) is 12.9.